The van der Waals surface area contributed by atoms with Crippen LogP contribution in [0.2, 0.25) is 0 Å². The van der Waals surface area contributed by atoms with E-state index in [0.717, 1.165) is 25.1 Å². The number of piperidine rings is 1. The summed E-state index contributed by atoms with van der Waals surface area (Å²) in [5.41, 5.74) is -0.192. The Hall–Kier alpha value is -2.38. The molecule has 1 saturated heterocycles. The van der Waals surface area contributed by atoms with Crippen LogP contribution in [0.5, 0.6) is 0 Å². The average Bonchev–Trinajstić information content (AvgIpc) is 3.26. The van der Waals surface area contributed by atoms with Gasteiger partial charge in [0.05, 0.1) is 6.04 Å². The lowest BCUT2D eigenvalue weighted by atomic mass is 9.96. The van der Waals surface area contributed by atoms with Crippen LogP contribution in [0.15, 0.2) is 16.9 Å². The normalized spacial score (nSPS) is 19.7. The first kappa shape index (κ1) is 17.4. The lowest BCUT2D eigenvalue weighted by Crippen LogP contribution is -2.45. The molecule has 2 aromatic rings. The number of imidazole rings is 1. The molecule has 0 aliphatic carbocycles. The van der Waals surface area contributed by atoms with Crippen molar-refractivity contribution in [2.24, 2.45) is 0 Å². The van der Waals surface area contributed by atoms with Gasteiger partial charge in [0.2, 0.25) is 5.89 Å². The van der Waals surface area contributed by atoms with Crippen molar-refractivity contribution >= 4 is 6.03 Å². The fourth-order valence-electron chi connectivity index (χ4n) is 2.96. The summed E-state index contributed by atoms with van der Waals surface area (Å²) in [7, 11) is 0. The number of carbonyl (C=O) groups is 1. The highest BCUT2D eigenvalue weighted by molar-refractivity contribution is 5.75. The zero-order chi connectivity index (χ0) is 18.0. The van der Waals surface area contributed by atoms with Gasteiger partial charge in [0, 0.05) is 24.4 Å². The number of carbonyl (C=O) groups excluding carboxylic acids is 1. The third-order valence-electron chi connectivity index (χ3n) is 4.42. The molecule has 1 aliphatic rings. The highest BCUT2D eigenvalue weighted by atomic mass is 16.5. The van der Waals surface area contributed by atoms with Gasteiger partial charge in [-0.2, -0.15) is 4.98 Å². The number of nitrogens with one attached hydrogen (secondary N) is 2. The predicted molar refractivity (Wildman–Crippen MR) is 91.8 cm³/mol. The molecule has 2 atom stereocenters. The van der Waals surface area contributed by atoms with Crippen LogP contribution in [0, 0.1) is 0 Å². The standard InChI is InChI=1S/C17H26N6O2/c1-11(14-21-15(22-25-14)17(2,3)4)20-16(24)23-10-6-5-7-12(23)13-18-8-9-19-13/h8-9,11-12H,5-7,10H2,1-4H3,(H,18,19)(H,20,24)/t11-,12+/m0/s1. The molecule has 0 radical (unpaired) electrons. The number of nitrogens with zero attached hydrogens (tertiary/aromatic N) is 4. The molecule has 1 aliphatic heterocycles. The molecule has 0 unspecified atom stereocenters. The summed E-state index contributed by atoms with van der Waals surface area (Å²) in [4.78, 5) is 26.5. The lowest BCUT2D eigenvalue weighted by molar-refractivity contribution is 0.143. The third kappa shape index (κ3) is 3.83. The maximum absolute atomic E-state index is 12.8. The van der Waals surface area contributed by atoms with Crippen molar-refractivity contribution in [1.82, 2.24) is 30.3 Å². The number of likely N-dealkylation sites (tertiary alicyclic amines) is 1. The van der Waals surface area contributed by atoms with E-state index in [-0.39, 0.29) is 23.5 Å². The molecule has 2 N–H and O–H groups in total. The summed E-state index contributed by atoms with van der Waals surface area (Å²) >= 11 is 0. The fourth-order valence-corrected chi connectivity index (χ4v) is 2.96. The van der Waals surface area contributed by atoms with Crippen LogP contribution >= 0.6 is 0 Å². The molecule has 3 rings (SSSR count). The first-order chi connectivity index (χ1) is 11.9. The first-order valence-electron chi connectivity index (χ1n) is 8.77. The van der Waals surface area contributed by atoms with Crippen molar-refractivity contribution in [3.8, 4) is 0 Å². The van der Waals surface area contributed by atoms with Crippen LogP contribution in [-0.2, 0) is 5.41 Å². The number of hydrogen-bond donors (Lipinski definition) is 2. The van der Waals surface area contributed by atoms with Gasteiger partial charge < -0.3 is 19.7 Å². The predicted octanol–water partition coefficient (Wildman–Crippen LogP) is 3.09. The van der Waals surface area contributed by atoms with Gasteiger partial charge in [0.25, 0.3) is 0 Å². The largest absolute Gasteiger partial charge is 0.347 e. The number of rotatable bonds is 3. The monoisotopic (exact) mass is 346 g/mol. The SMILES string of the molecule is C[C@H](NC(=O)N1CCCC[C@@H]1c1ncc[nH]1)c1nc(C(C)(C)C)no1. The minimum Gasteiger partial charge on any atom is -0.347 e. The summed E-state index contributed by atoms with van der Waals surface area (Å²) in [5.74, 6) is 1.88. The van der Waals surface area contributed by atoms with E-state index in [1.807, 2.05) is 32.6 Å². The van der Waals surface area contributed by atoms with Gasteiger partial charge in [-0.15, -0.1) is 0 Å². The number of hydrogen-bond acceptors (Lipinski definition) is 5. The molecule has 1 fully saturated rings. The van der Waals surface area contributed by atoms with E-state index >= 15 is 0 Å². The zero-order valence-electron chi connectivity index (χ0n) is 15.2. The van der Waals surface area contributed by atoms with E-state index in [2.05, 4.69) is 25.4 Å². The summed E-state index contributed by atoms with van der Waals surface area (Å²) in [6.07, 6.45) is 6.49. The van der Waals surface area contributed by atoms with Gasteiger partial charge >= 0.3 is 6.03 Å². The number of aromatic amines is 1. The Morgan fingerprint density at radius 2 is 2.24 bits per heavy atom. The van der Waals surface area contributed by atoms with Crippen LogP contribution in [0.4, 0.5) is 4.79 Å². The Morgan fingerprint density at radius 3 is 2.88 bits per heavy atom. The van der Waals surface area contributed by atoms with Crippen LogP contribution < -0.4 is 5.32 Å². The highest BCUT2D eigenvalue weighted by Gasteiger charge is 2.31. The van der Waals surface area contributed by atoms with E-state index in [1.54, 1.807) is 12.4 Å². The second-order valence-corrected chi connectivity index (χ2v) is 7.56. The van der Waals surface area contributed by atoms with E-state index in [0.29, 0.717) is 18.3 Å². The van der Waals surface area contributed by atoms with E-state index in [9.17, 15) is 4.79 Å². The molecule has 0 saturated carbocycles. The topological polar surface area (TPSA) is 99.9 Å². The Kier molecular flexibility index (Phi) is 4.78. The van der Waals surface area contributed by atoms with Gasteiger partial charge in [0.1, 0.15) is 11.9 Å². The minimum atomic E-state index is -0.352. The molecular weight excluding hydrogens is 320 g/mol. The molecule has 3 heterocycles. The fraction of sp³-hybridized carbons (Fsp3) is 0.647. The van der Waals surface area contributed by atoms with E-state index < -0.39 is 0 Å². The molecule has 0 spiro atoms. The van der Waals surface area contributed by atoms with Crippen molar-refractivity contribution in [1.29, 1.82) is 0 Å². The molecular formula is C17H26N6O2. The van der Waals surface area contributed by atoms with Crippen molar-refractivity contribution in [2.45, 2.75) is 64.5 Å². The van der Waals surface area contributed by atoms with Crippen molar-refractivity contribution in [3.05, 3.63) is 29.9 Å². The van der Waals surface area contributed by atoms with Crippen LogP contribution in [0.1, 0.15) is 76.6 Å². The quantitative estimate of drug-likeness (QED) is 0.889. The Morgan fingerprint density at radius 1 is 1.44 bits per heavy atom. The Balaban J connectivity index is 1.69. The van der Waals surface area contributed by atoms with Gasteiger partial charge in [0.15, 0.2) is 5.82 Å². The average molecular weight is 346 g/mol. The second-order valence-electron chi connectivity index (χ2n) is 7.56. The summed E-state index contributed by atoms with van der Waals surface area (Å²) in [6.45, 7) is 8.62. The molecule has 0 bridgehead atoms. The maximum Gasteiger partial charge on any atom is 0.318 e. The van der Waals surface area contributed by atoms with Crippen LogP contribution in [-0.4, -0.2) is 37.6 Å². The van der Waals surface area contributed by atoms with E-state index in [1.165, 1.54) is 0 Å². The molecule has 2 amide bonds. The Bertz CT molecular complexity index is 703. The number of aromatic nitrogens is 4. The molecule has 136 valence electrons. The summed E-state index contributed by atoms with van der Waals surface area (Å²) < 4.78 is 5.33. The summed E-state index contributed by atoms with van der Waals surface area (Å²) in [5, 5.41) is 6.99. The summed E-state index contributed by atoms with van der Waals surface area (Å²) in [6, 6.07) is -0.511. The minimum absolute atomic E-state index is 0.0243. The third-order valence-corrected chi connectivity index (χ3v) is 4.42. The van der Waals surface area contributed by atoms with Crippen molar-refractivity contribution < 1.29 is 9.32 Å². The maximum atomic E-state index is 12.8. The van der Waals surface area contributed by atoms with Crippen LogP contribution in [0.25, 0.3) is 0 Å². The molecule has 2 aromatic heterocycles. The molecule has 25 heavy (non-hydrogen) atoms. The Labute approximate surface area is 147 Å². The van der Waals surface area contributed by atoms with Gasteiger partial charge in [-0.05, 0) is 26.2 Å². The first-order valence-corrected chi connectivity index (χ1v) is 8.77. The molecule has 8 heteroatoms. The number of H-pyrrole nitrogens is 1. The number of amides is 2. The van der Waals surface area contributed by atoms with Crippen molar-refractivity contribution in [3.63, 3.8) is 0 Å². The zero-order valence-corrected chi connectivity index (χ0v) is 15.2. The van der Waals surface area contributed by atoms with Crippen LogP contribution in [0.3, 0.4) is 0 Å². The van der Waals surface area contributed by atoms with Crippen molar-refractivity contribution in [2.75, 3.05) is 6.54 Å². The smallest absolute Gasteiger partial charge is 0.318 e. The molecule has 0 aromatic carbocycles. The van der Waals surface area contributed by atoms with E-state index in [4.69, 9.17) is 4.52 Å². The van der Waals surface area contributed by atoms with Gasteiger partial charge in [-0.25, -0.2) is 9.78 Å². The molecule has 8 nitrogen and oxygen atoms in total. The lowest BCUT2D eigenvalue weighted by Gasteiger charge is -2.35. The van der Waals surface area contributed by atoms with Gasteiger partial charge in [-0.3, -0.25) is 0 Å². The number of urea groups is 1. The second kappa shape index (κ2) is 6.85. The van der Waals surface area contributed by atoms with Gasteiger partial charge in [-0.1, -0.05) is 25.9 Å². The highest BCUT2D eigenvalue weighted by Crippen LogP contribution is 2.29.